The Labute approximate surface area is 109 Å². The van der Waals surface area contributed by atoms with Crippen LogP contribution in [0, 0.1) is 12.7 Å². The van der Waals surface area contributed by atoms with Crippen LogP contribution in [0.25, 0.3) is 16.9 Å². The second kappa shape index (κ2) is 4.10. The van der Waals surface area contributed by atoms with Gasteiger partial charge in [-0.25, -0.2) is 9.37 Å². The van der Waals surface area contributed by atoms with Gasteiger partial charge >= 0.3 is 0 Å². The molecule has 0 aliphatic heterocycles. The Morgan fingerprint density at radius 3 is 2.83 bits per heavy atom. The normalized spacial score (nSPS) is 11.1. The summed E-state index contributed by atoms with van der Waals surface area (Å²) in [5.41, 5.74) is 2.96. The van der Waals surface area contributed by atoms with Gasteiger partial charge in [0.15, 0.2) is 0 Å². The molecular weight excluding hydrogens is 251 g/mol. The molecule has 18 heavy (non-hydrogen) atoms. The fraction of sp³-hybridized carbons (Fsp3) is 0.0714. The number of rotatable bonds is 1. The molecule has 0 spiro atoms. The first-order valence-electron chi connectivity index (χ1n) is 5.55. The van der Waals surface area contributed by atoms with Crippen LogP contribution in [-0.4, -0.2) is 9.38 Å². The zero-order chi connectivity index (χ0) is 12.7. The SMILES string of the molecule is Cc1cccn2cc(-c3ccc(Cl)cc3F)nc12. The lowest BCUT2D eigenvalue weighted by Gasteiger charge is -1.98. The van der Waals surface area contributed by atoms with Gasteiger partial charge in [-0.2, -0.15) is 0 Å². The third-order valence-corrected chi connectivity index (χ3v) is 3.12. The first kappa shape index (κ1) is 11.2. The van der Waals surface area contributed by atoms with Gasteiger partial charge < -0.3 is 4.40 Å². The van der Waals surface area contributed by atoms with E-state index < -0.39 is 0 Å². The quantitative estimate of drug-likeness (QED) is 0.644. The van der Waals surface area contributed by atoms with Crippen LogP contribution in [-0.2, 0) is 0 Å². The molecule has 2 aromatic heterocycles. The van der Waals surface area contributed by atoms with Crippen molar-refractivity contribution in [2.75, 3.05) is 0 Å². The van der Waals surface area contributed by atoms with Crippen molar-refractivity contribution < 1.29 is 4.39 Å². The van der Waals surface area contributed by atoms with Gasteiger partial charge in [-0.15, -0.1) is 0 Å². The molecule has 0 amide bonds. The van der Waals surface area contributed by atoms with Crippen molar-refractivity contribution in [2.24, 2.45) is 0 Å². The number of imidazole rings is 1. The topological polar surface area (TPSA) is 17.3 Å². The second-order valence-electron chi connectivity index (χ2n) is 4.17. The smallest absolute Gasteiger partial charge is 0.140 e. The number of halogens is 2. The van der Waals surface area contributed by atoms with E-state index in [0.29, 0.717) is 16.3 Å². The molecule has 0 saturated heterocycles. The monoisotopic (exact) mass is 260 g/mol. The molecule has 4 heteroatoms. The molecule has 2 nitrogen and oxygen atoms in total. The van der Waals surface area contributed by atoms with Crippen molar-refractivity contribution in [3.63, 3.8) is 0 Å². The van der Waals surface area contributed by atoms with Gasteiger partial charge in [-0.1, -0.05) is 17.7 Å². The molecule has 0 aliphatic carbocycles. The van der Waals surface area contributed by atoms with Crippen LogP contribution in [0.1, 0.15) is 5.56 Å². The van der Waals surface area contributed by atoms with Gasteiger partial charge in [0.1, 0.15) is 11.5 Å². The average Bonchev–Trinajstić information content (AvgIpc) is 2.74. The van der Waals surface area contributed by atoms with Crippen LogP contribution in [0.15, 0.2) is 42.7 Å². The van der Waals surface area contributed by atoms with E-state index in [1.54, 1.807) is 12.1 Å². The number of benzene rings is 1. The molecule has 0 saturated carbocycles. The van der Waals surface area contributed by atoms with E-state index in [0.717, 1.165) is 11.2 Å². The molecule has 3 rings (SSSR count). The molecular formula is C14H10ClFN2. The summed E-state index contributed by atoms with van der Waals surface area (Å²) in [6, 6.07) is 8.52. The van der Waals surface area contributed by atoms with Crippen LogP contribution in [0.5, 0.6) is 0 Å². The van der Waals surface area contributed by atoms with E-state index in [1.807, 2.05) is 35.9 Å². The number of hydrogen-bond acceptors (Lipinski definition) is 1. The summed E-state index contributed by atoms with van der Waals surface area (Å²) in [6.07, 6.45) is 3.71. The largest absolute Gasteiger partial charge is 0.306 e. The Bertz CT molecular complexity index is 734. The first-order chi connectivity index (χ1) is 8.65. The lowest BCUT2D eigenvalue weighted by atomic mass is 10.1. The van der Waals surface area contributed by atoms with Crippen molar-refractivity contribution in [3.05, 3.63) is 59.1 Å². The van der Waals surface area contributed by atoms with Crippen molar-refractivity contribution in [2.45, 2.75) is 6.92 Å². The number of pyridine rings is 1. The Hall–Kier alpha value is -1.87. The maximum absolute atomic E-state index is 13.8. The van der Waals surface area contributed by atoms with E-state index in [-0.39, 0.29) is 5.82 Å². The zero-order valence-electron chi connectivity index (χ0n) is 9.69. The van der Waals surface area contributed by atoms with Crippen molar-refractivity contribution in [1.82, 2.24) is 9.38 Å². The average molecular weight is 261 g/mol. The van der Waals surface area contributed by atoms with Crippen LogP contribution >= 0.6 is 11.6 Å². The fourth-order valence-electron chi connectivity index (χ4n) is 1.98. The fourth-order valence-corrected chi connectivity index (χ4v) is 2.14. The molecule has 0 aliphatic rings. The third kappa shape index (κ3) is 1.77. The van der Waals surface area contributed by atoms with Crippen molar-refractivity contribution in [1.29, 1.82) is 0 Å². The summed E-state index contributed by atoms with van der Waals surface area (Å²) in [4.78, 5) is 4.45. The summed E-state index contributed by atoms with van der Waals surface area (Å²) in [7, 11) is 0. The molecule has 0 unspecified atom stereocenters. The molecule has 0 N–H and O–H groups in total. The maximum Gasteiger partial charge on any atom is 0.140 e. The minimum atomic E-state index is -0.358. The lowest BCUT2D eigenvalue weighted by Crippen LogP contribution is -1.84. The molecule has 90 valence electrons. The minimum Gasteiger partial charge on any atom is -0.306 e. The number of hydrogen-bond donors (Lipinski definition) is 0. The molecule has 0 bridgehead atoms. The molecule has 0 atom stereocenters. The van der Waals surface area contributed by atoms with Gasteiger partial charge in [0.25, 0.3) is 0 Å². The standard InChI is InChI=1S/C14H10ClFN2/c1-9-3-2-6-18-8-13(17-14(9)18)11-5-4-10(15)7-12(11)16/h2-8H,1H3. The van der Waals surface area contributed by atoms with Gasteiger partial charge in [-0.05, 0) is 36.8 Å². The van der Waals surface area contributed by atoms with E-state index in [2.05, 4.69) is 4.98 Å². The maximum atomic E-state index is 13.8. The highest BCUT2D eigenvalue weighted by atomic mass is 35.5. The second-order valence-corrected chi connectivity index (χ2v) is 4.61. The number of fused-ring (bicyclic) bond motifs is 1. The van der Waals surface area contributed by atoms with E-state index >= 15 is 0 Å². The van der Waals surface area contributed by atoms with Gasteiger partial charge in [0.05, 0.1) is 5.69 Å². The Morgan fingerprint density at radius 2 is 2.11 bits per heavy atom. The van der Waals surface area contributed by atoms with Crippen LogP contribution in [0.2, 0.25) is 5.02 Å². The minimum absolute atomic E-state index is 0.358. The van der Waals surface area contributed by atoms with E-state index in [4.69, 9.17) is 11.6 Å². The van der Waals surface area contributed by atoms with Crippen molar-refractivity contribution in [3.8, 4) is 11.3 Å². The molecule has 3 aromatic rings. The third-order valence-electron chi connectivity index (χ3n) is 2.88. The van der Waals surface area contributed by atoms with Crippen LogP contribution in [0.3, 0.4) is 0 Å². The van der Waals surface area contributed by atoms with Gasteiger partial charge in [-0.3, -0.25) is 0 Å². The Kier molecular flexibility index (Phi) is 2.56. The van der Waals surface area contributed by atoms with E-state index in [9.17, 15) is 4.39 Å². The number of nitrogens with zero attached hydrogens (tertiary/aromatic N) is 2. The molecule has 1 aromatic carbocycles. The lowest BCUT2D eigenvalue weighted by molar-refractivity contribution is 0.631. The predicted octanol–water partition coefficient (Wildman–Crippen LogP) is 4.10. The number of aryl methyl sites for hydroxylation is 1. The first-order valence-corrected chi connectivity index (χ1v) is 5.93. The highest BCUT2D eigenvalue weighted by molar-refractivity contribution is 6.30. The predicted molar refractivity (Wildman–Crippen MR) is 70.3 cm³/mol. The molecule has 0 fully saturated rings. The van der Waals surface area contributed by atoms with Gasteiger partial charge in [0.2, 0.25) is 0 Å². The summed E-state index contributed by atoms with van der Waals surface area (Å²) >= 11 is 5.74. The highest BCUT2D eigenvalue weighted by Gasteiger charge is 2.10. The Balaban J connectivity index is 2.23. The zero-order valence-corrected chi connectivity index (χ0v) is 10.4. The van der Waals surface area contributed by atoms with Crippen molar-refractivity contribution >= 4 is 17.2 Å². The van der Waals surface area contributed by atoms with E-state index in [1.165, 1.54) is 6.07 Å². The summed E-state index contributed by atoms with van der Waals surface area (Å²) in [5.74, 6) is -0.358. The summed E-state index contributed by atoms with van der Waals surface area (Å²) < 4.78 is 15.7. The summed E-state index contributed by atoms with van der Waals surface area (Å²) in [5, 5.41) is 0.385. The van der Waals surface area contributed by atoms with Crippen LogP contribution < -0.4 is 0 Å². The molecule has 2 heterocycles. The highest BCUT2D eigenvalue weighted by Crippen LogP contribution is 2.25. The number of aromatic nitrogens is 2. The Morgan fingerprint density at radius 1 is 1.28 bits per heavy atom. The molecule has 0 radical (unpaired) electrons. The van der Waals surface area contributed by atoms with Gasteiger partial charge in [0, 0.05) is 23.0 Å². The summed E-state index contributed by atoms with van der Waals surface area (Å²) in [6.45, 7) is 1.98. The van der Waals surface area contributed by atoms with Crippen LogP contribution in [0.4, 0.5) is 4.39 Å².